The largest absolute Gasteiger partial charge is 0.367 e. The Hall–Kier alpha value is -2.50. The van der Waals surface area contributed by atoms with Crippen LogP contribution in [0.25, 0.3) is 5.69 Å². The highest BCUT2D eigenvalue weighted by Crippen LogP contribution is 2.31. The second-order valence-electron chi connectivity index (χ2n) is 7.33. The molecule has 0 amide bonds. The van der Waals surface area contributed by atoms with E-state index in [4.69, 9.17) is 16.4 Å². The summed E-state index contributed by atoms with van der Waals surface area (Å²) < 4.78 is 1.54. The van der Waals surface area contributed by atoms with Crippen LogP contribution < -0.4 is 0 Å². The van der Waals surface area contributed by atoms with E-state index in [2.05, 4.69) is 21.6 Å². The zero-order valence-electron chi connectivity index (χ0n) is 15.4. The highest BCUT2D eigenvalue weighted by molar-refractivity contribution is 6.31. The zero-order chi connectivity index (χ0) is 19.5. The normalized spacial score (nSPS) is 17.5. The van der Waals surface area contributed by atoms with E-state index < -0.39 is 0 Å². The van der Waals surface area contributed by atoms with Gasteiger partial charge in [0.05, 0.1) is 28.7 Å². The first-order valence-corrected chi connectivity index (χ1v) is 9.99. The van der Waals surface area contributed by atoms with Gasteiger partial charge in [0.15, 0.2) is 5.82 Å². The fourth-order valence-electron chi connectivity index (χ4n) is 3.50. The van der Waals surface area contributed by atoms with Crippen molar-refractivity contribution in [2.75, 3.05) is 0 Å². The molecule has 1 aromatic heterocycles. The molecule has 0 bridgehead atoms. The first-order chi connectivity index (χ1) is 13.7. The summed E-state index contributed by atoms with van der Waals surface area (Å²) in [6.07, 6.45) is 7.13. The molecule has 9 heteroatoms. The van der Waals surface area contributed by atoms with Gasteiger partial charge in [-0.3, -0.25) is 4.79 Å². The maximum Gasteiger partial charge on any atom is 0.328 e. The molecule has 0 spiro atoms. The Balaban J connectivity index is 1.50. The number of halogens is 1. The van der Waals surface area contributed by atoms with Gasteiger partial charge < -0.3 is 4.84 Å². The fraction of sp³-hybridized carbons (Fsp3) is 0.526. The molecule has 2 aromatic rings. The number of rotatable bonds is 6. The number of carbonyl (C=O) groups excluding carboxylic acids is 1. The molecular weight excluding hydrogens is 380 g/mol. The number of nitriles is 1. The molecule has 28 heavy (non-hydrogen) atoms. The highest BCUT2D eigenvalue weighted by atomic mass is 35.5. The summed E-state index contributed by atoms with van der Waals surface area (Å²) in [4.78, 5) is 18.3. The van der Waals surface area contributed by atoms with Crippen molar-refractivity contribution in [3.63, 3.8) is 0 Å². The minimum atomic E-state index is -0.149. The molecule has 0 saturated heterocycles. The Labute approximate surface area is 168 Å². The Morgan fingerprint density at radius 1 is 1.29 bits per heavy atom. The molecule has 2 fully saturated rings. The predicted molar refractivity (Wildman–Crippen MR) is 100 cm³/mol. The van der Waals surface area contributed by atoms with Crippen molar-refractivity contribution in [2.24, 2.45) is 5.92 Å². The van der Waals surface area contributed by atoms with Crippen molar-refractivity contribution in [1.29, 1.82) is 5.26 Å². The average Bonchev–Trinajstić information content (AvgIpc) is 3.47. The van der Waals surface area contributed by atoms with Crippen LogP contribution in [0.4, 0.5) is 0 Å². The van der Waals surface area contributed by atoms with Crippen LogP contribution in [-0.4, -0.2) is 37.3 Å². The van der Waals surface area contributed by atoms with Gasteiger partial charge in [0.2, 0.25) is 0 Å². The highest BCUT2D eigenvalue weighted by Gasteiger charge is 2.35. The second-order valence-corrected chi connectivity index (χ2v) is 7.74. The van der Waals surface area contributed by atoms with Gasteiger partial charge in [-0.05, 0) is 54.3 Å². The molecule has 2 aliphatic carbocycles. The number of nitrogens with zero attached hydrogens (tertiary/aromatic N) is 6. The summed E-state index contributed by atoms with van der Waals surface area (Å²) in [6, 6.07) is 7.29. The fourth-order valence-corrected chi connectivity index (χ4v) is 3.66. The summed E-state index contributed by atoms with van der Waals surface area (Å²) >= 11 is 6.01. The Kier molecular flexibility index (Phi) is 5.55. The number of hydrogen-bond donors (Lipinski definition) is 0. The van der Waals surface area contributed by atoms with Gasteiger partial charge in [-0.1, -0.05) is 30.9 Å². The van der Waals surface area contributed by atoms with E-state index in [0.29, 0.717) is 28.6 Å². The third-order valence-corrected chi connectivity index (χ3v) is 5.58. The summed E-state index contributed by atoms with van der Waals surface area (Å²) in [6.45, 7) is 0.292. The molecule has 0 radical (unpaired) electrons. The molecule has 0 atom stereocenters. The van der Waals surface area contributed by atoms with Crippen LogP contribution in [0.15, 0.2) is 18.2 Å². The lowest BCUT2D eigenvalue weighted by atomic mass is 9.89. The van der Waals surface area contributed by atoms with Crippen molar-refractivity contribution >= 4 is 17.6 Å². The minimum Gasteiger partial charge on any atom is -0.367 e. The second kappa shape index (κ2) is 8.25. The van der Waals surface area contributed by atoms with Crippen LogP contribution in [-0.2, 0) is 16.2 Å². The topological polar surface area (TPSA) is 96.9 Å². The SMILES string of the molecule is N#Cc1cc(-n2nnnc2CN(OC(=O)C2CCCCC2)C2CC2)ccc1Cl. The van der Waals surface area contributed by atoms with Crippen molar-refractivity contribution in [3.05, 3.63) is 34.6 Å². The van der Waals surface area contributed by atoms with Crippen molar-refractivity contribution < 1.29 is 9.63 Å². The standard InChI is InChI=1S/C19H21ClN6O2/c20-17-9-8-16(10-14(17)11-21)26-18(22-23-24-26)12-25(15-6-7-15)28-19(27)13-4-2-1-3-5-13/h8-10,13,15H,1-7,12H2. The number of hydrogen-bond acceptors (Lipinski definition) is 7. The molecular formula is C19H21ClN6O2. The Morgan fingerprint density at radius 3 is 2.79 bits per heavy atom. The van der Waals surface area contributed by atoms with E-state index in [0.717, 1.165) is 38.5 Å². The summed E-state index contributed by atoms with van der Waals surface area (Å²) in [5, 5.41) is 23.2. The predicted octanol–water partition coefficient (Wildman–Crippen LogP) is 3.19. The van der Waals surface area contributed by atoms with E-state index >= 15 is 0 Å². The zero-order valence-corrected chi connectivity index (χ0v) is 16.2. The Morgan fingerprint density at radius 2 is 2.07 bits per heavy atom. The lowest BCUT2D eigenvalue weighted by Crippen LogP contribution is -2.33. The van der Waals surface area contributed by atoms with Crippen molar-refractivity contribution in [1.82, 2.24) is 25.3 Å². The van der Waals surface area contributed by atoms with E-state index in [1.165, 1.54) is 6.42 Å². The maximum absolute atomic E-state index is 12.6. The van der Waals surface area contributed by atoms with E-state index in [-0.39, 0.29) is 17.9 Å². The summed E-state index contributed by atoms with van der Waals surface area (Å²) in [7, 11) is 0. The number of carbonyl (C=O) groups is 1. The van der Waals surface area contributed by atoms with Gasteiger partial charge in [-0.2, -0.15) is 9.94 Å². The van der Waals surface area contributed by atoms with Gasteiger partial charge in [-0.25, -0.2) is 0 Å². The van der Waals surface area contributed by atoms with Crippen molar-refractivity contribution in [2.45, 2.75) is 57.5 Å². The number of benzene rings is 1. The minimum absolute atomic E-state index is 0.0135. The first kappa shape index (κ1) is 18.8. The monoisotopic (exact) mass is 400 g/mol. The summed E-state index contributed by atoms with van der Waals surface area (Å²) in [5.41, 5.74) is 0.985. The smallest absolute Gasteiger partial charge is 0.328 e. The molecule has 2 saturated carbocycles. The number of aromatic nitrogens is 4. The molecule has 0 unspecified atom stereocenters. The van der Waals surface area contributed by atoms with Gasteiger partial charge >= 0.3 is 5.97 Å². The third-order valence-electron chi connectivity index (χ3n) is 5.25. The molecule has 1 heterocycles. The average molecular weight is 401 g/mol. The lowest BCUT2D eigenvalue weighted by Gasteiger charge is -2.25. The van der Waals surface area contributed by atoms with Gasteiger partial charge in [-0.15, -0.1) is 10.2 Å². The molecule has 1 aromatic carbocycles. The molecule has 4 rings (SSSR count). The van der Waals surface area contributed by atoms with Crippen molar-refractivity contribution in [3.8, 4) is 11.8 Å². The first-order valence-electron chi connectivity index (χ1n) is 9.61. The molecule has 8 nitrogen and oxygen atoms in total. The molecule has 0 aliphatic heterocycles. The summed E-state index contributed by atoms with van der Waals surface area (Å²) in [5.74, 6) is 0.374. The van der Waals surface area contributed by atoms with E-state index in [9.17, 15) is 10.1 Å². The Bertz CT molecular complexity index is 898. The van der Waals surface area contributed by atoms with Crippen LogP contribution in [0.5, 0.6) is 0 Å². The third kappa shape index (κ3) is 4.16. The molecule has 0 N–H and O–H groups in total. The van der Waals surface area contributed by atoms with Gasteiger partial charge in [0.25, 0.3) is 0 Å². The molecule has 146 valence electrons. The van der Waals surface area contributed by atoms with Crippen LogP contribution >= 0.6 is 11.6 Å². The maximum atomic E-state index is 12.6. The van der Waals surface area contributed by atoms with Crippen LogP contribution in [0.2, 0.25) is 5.02 Å². The van der Waals surface area contributed by atoms with Crippen LogP contribution in [0, 0.1) is 17.2 Å². The van der Waals surface area contributed by atoms with E-state index in [1.807, 2.05) is 0 Å². The van der Waals surface area contributed by atoms with Crippen LogP contribution in [0.1, 0.15) is 56.3 Å². The van der Waals surface area contributed by atoms with Gasteiger partial charge in [0, 0.05) is 6.04 Å². The lowest BCUT2D eigenvalue weighted by molar-refractivity contribution is -0.203. The van der Waals surface area contributed by atoms with Crippen LogP contribution in [0.3, 0.4) is 0 Å². The van der Waals surface area contributed by atoms with E-state index in [1.54, 1.807) is 27.9 Å². The number of tetrazole rings is 1. The quantitative estimate of drug-likeness (QED) is 0.687. The number of hydroxylamine groups is 2. The molecule has 2 aliphatic rings. The van der Waals surface area contributed by atoms with Gasteiger partial charge in [0.1, 0.15) is 6.07 Å².